The van der Waals surface area contributed by atoms with Crippen LogP contribution in [-0.2, 0) is 6.42 Å². The molecular weight excluding hydrogens is 276 g/mol. The molecule has 1 heterocycles. The maximum absolute atomic E-state index is 13.7. The minimum Gasteiger partial charge on any atom is -0.435 e. The topological polar surface area (TPSA) is 47.0 Å². The van der Waals surface area contributed by atoms with Crippen LogP contribution in [0.25, 0.3) is 0 Å². The molecule has 0 bridgehead atoms. The molecule has 112 valence electrons. The van der Waals surface area contributed by atoms with Crippen LogP contribution in [0.1, 0.15) is 25.2 Å². The second-order valence-corrected chi connectivity index (χ2v) is 4.48. The van der Waals surface area contributed by atoms with Crippen molar-refractivity contribution in [3.63, 3.8) is 0 Å². The zero-order valence-electron chi connectivity index (χ0n) is 12.2. The molecule has 0 fully saturated rings. The molecule has 0 saturated carbocycles. The molecule has 1 aromatic carbocycles. The van der Waals surface area contributed by atoms with Crippen LogP contribution in [0.3, 0.4) is 0 Å². The van der Waals surface area contributed by atoms with Crippen LogP contribution < -0.4 is 10.1 Å². The molecule has 21 heavy (non-hydrogen) atoms. The molecule has 4 nitrogen and oxygen atoms in total. The lowest BCUT2D eigenvalue weighted by atomic mass is 10.3. The Hall–Kier alpha value is -2.24. The smallest absolute Gasteiger partial charge is 0.227 e. The largest absolute Gasteiger partial charge is 0.435 e. The Balaban J connectivity index is 2.40. The maximum atomic E-state index is 13.7. The van der Waals surface area contributed by atoms with Gasteiger partial charge in [0.25, 0.3) is 0 Å². The summed E-state index contributed by atoms with van der Waals surface area (Å²) < 4.78 is 32.1. The third-order valence-corrected chi connectivity index (χ3v) is 2.91. The lowest BCUT2D eigenvalue weighted by Gasteiger charge is -2.13. The first kappa shape index (κ1) is 15.2. The second kappa shape index (κ2) is 6.47. The number of anilines is 1. The number of ether oxygens (including phenoxy) is 1. The molecule has 0 aliphatic carbocycles. The molecule has 1 aromatic heterocycles. The van der Waals surface area contributed by atoms with Crippen molar-refractivity contribution in [2.75, 3.05) is 11.9 Å². The number of hydrogen-bond acceptors (Lipinski definition) is 4. The number of nitrogens with zero attached hydrogens (tertiary/aromatic N) is 2. The number of halogens is 2. The SMILES string of the molecule is CCNc1nc(CC)nc(Oc2ccc(F)cc2F)c1C. The molecule has 0 spiro atoms. The highest BCUT2D eigenvalue weighted by Crippen LogP contribution is 2.29. The van der Waals surface area contributed by atoms with Gasteiger partial charge in [-0.05, 0) is 26.0 Å². The Morgan fingerprint density at radius 1 is 1.19 bits per heavy atom. The summed E-state index contributed by atoms with van der Waals surface area (Å²) in [6.45, 7) is 6.36. The molecule has 0 saturated heterocycles. The molecule has 0 aliphatic heterocycles. The molecule has 0 amide bonds. The van der Waals surface area contributed by atoms with Crippen molar-refractivity contribution in [2.45, 2.75) is 27.2 Å². The molecule has 2 rings (SSSR count). The summed E-state index contributed by atoms with van der Waals surface area (Å²) in [5.74, 6) is 0.0276. The van der Waals surface area contributed by atoms with E-state index in [0.717, 1.165) is 12.1 Å². The van der Waals surface area contributed by atoms with E-state index >= 15 is 0 Å². The van der Waals surface area contributed by atoms with Crippen molar-refractivity contribution in [2.24, 2.45) is 0 Å². The highest BCUT2D eigenvalue weighted by atomic mass is 19.1. The van der Waals surface area contributed by atoms with Gasteiger partial charge >= 0.3 is 0 Å². The second-order valence-electron chi connectivity index (χ2n) is 4.48. The lowest BCUT2D eigenvalue weighted by molar-refractivity contribution is 0.418. The number of aryl methyl sites for hydroxylation is 1. The molecule has 2 aromatic rings. The van der Waals surface area contributed by atoms with Crippen molar-refractivity contribution >= 4 is 5.82 Å². The van der Waals surface area contributed by atoms with E-state index in [1.165, 1.54) is 6.07 Å². The van der Waals surface area contributed by atoms with Crippen LogP contribution in [0.4, 0.5) is 14.6 Å². The Labute approximate surface area is 122 Å². The summed E-state index contributed by atoms with van der Waals surface area (Å²) in [4.78, 5) is 8.62. The van der Waals surface area contributed by atoms with Gasteiger partial charge in [-0.2, -0.15) is 4.98 Å². The molecule has 0 unspecified atom stereocenters. The van der Waals surface area contributed by atoms with E-state index < -0.39 is 11.6 Å². The van der Waals surface area contributed by atoms with Gasteiger partial charge in [0, 0.05) is 19.0 Å². The van der Waals surface area contributed by atoms with E-state index in [-0.39, 0.29) is 11.6 Å². The maximum Gasteiger partial charge on any atom is 0.227 e. The quantitative estimate of drug-likeness (QED) is 0.909. The van der Waals surface area contributed by atoms with Gasteiger partial charge < -0.3 is 10.1 Å². The molecular formula is C15H17F2N3O. The first-order chi connectivity index (χ1) is 10.0. The van der Waals surface area contributed by atoms with Crippen LogP contribution in [0.2, 0.25) is 0 Å². The van der Waals surface area contributed by atoms with Gasteiger partial charge in [0.1, 0.15) is 17.5 Å². The van der Waals surface area contributed by atoms with Gasteiger partial charge in [-0.15, -0.1) is 0 Å². The minimum absolute atomic E-state index is 0.0669. The summed E-state index contributed by atoms with van der Waals surface area (Å²) in [5, 5.41) is 3.12. The summed E-state index contributed by atoms with van der Waals surface area (Å²) >= 11 is 0. The van der Waals surface area contributed by atoms with Crippen LogP contribution in [0.15, 0.2) is 18.2 Å². The molecule has 0 aliphatic rings. The van der Waals surface area contributed by atoms with Crippen LogP contribution in [0.5, 0.6) is 11.6 Å². The third kappa shape index (κ3) is 3.45. The first-order valence-corrected chi connectivity index (χ1v) is 6.79. The van der Waals surface area contributed by atoms with Gasteiger partial charge in [-0.3, -0.25) is 0 Å². The van der Waals surface area contributed by atoms with Crippen LogP contribution in [-0.4, -0.2) is 16.5 Å². The third-order valence-electron chi connectivity index (χ3n) is 2.91. The molecule has 1 N–H and O–H groups in total. The monoisotopic (exact) mass is 293 g/mol. The number of hydrogen-bond donors (Lipinski definition) is 1. The average molecular weight is 293 g/mol. The zero-order valence-corrected chi connectivity index (χ0v) is 12.2. The number of nitrogens with one attached hydrogen (secondary N) is 1. The van der Waals surface area contributed by atoms with Crippen molar-refractivity contribution in [1.29, 1.82) is 0 Å². The van der Waals surface area contributed by atoms with Crippen molar-refractivity contribution < 1.29 is 13.5 Å². The van der Waals surface area contributed by atoms with Gasteiger partial charge in [-0.1, -0.05) is 6.92 Å². The van der Waals surface area contributed by atoms with Crippen molar-refractivity contribution in [3.05, 3.63) is 41.2 Å². The summed E-state index contributed by atoms with van der Waals surface area (Å²) in [5.41, 5.74) is 0.678. The van der Waals surface area contributed by atoms with Crippen LogP contribution >= 0.6 is 0 Å². The summed E-state index contributed by atoms with van der Waals surface area (Å²) in [6.07, 6.45) is 0.626. The van der Waals surface area contributed by atoms with E-state index in [0.29, 0.717) is 30.2 Å². The van der Waals surface area contributed by atoms with Crippen LogP contribution in [0, 0.1) is 18.6 Å². The molecule has 6 heteroatoms. The fraction of sp³-hybridized carbons (Fsp3) is 0.333. The van der Waals surface area contributed by atoms with E-state index in [4.69, 9.17) is 4.74 Å². The Kier molecular flexibility index (Phi) is 4.67. The van der Waals surface area contributed by atoms with E-state index in [1.807, 2.05) is 13.8 Å². The lowest BCUT2D eigenvalue weighted by Crippen LogP contribution is -2.07. The van der Waals surface area contributed by atoms with E-state index in [9.17, 15) is 8.78 Å². The molecule has 0 radical (unpaired) electrons. The predicted octanol–water partition coefficient (Wildman–Crippen LogP) is 3.85. The highest BCUT2D eigenvalue weighted by Gasteiger charge is 2.14. The summed E-state index contributed by atoms with van der Waals surface area (Å²) in [6, 6.07) is 3.16. The fourth-order valence-corrected chi connectivity index (χ4v) is 1.80. The van der Waals surface area contributed by atoms with Gasteiger partial charge in [0.15, 0.2) is 11.6 Å². The number of rotatable bonds is 5. The number of benzene rings is 1. The number of aromatic nitrogens is 2. The zero-order chi connectivity index (χ0) is 15.4. The normalized spacial score (nSPS) is 10.5. The minimum atomic E-state index is -0.768. The Morgan fingerprint density at radius 2 is 1.95 bits per heavy atom. The summed E-state index contributed by atoms with van der Waals surface area (Å²) in [7, 11) is 0. The van der Waals surface area contributed by atoms with Gasteiger partial charge in [0.2, 0.25) is 5.88 Å². The van der Waals surface area contributed by atoms with Crippen molar-refractivity contribution in [3.8, 4) is 11.6 Å². The highest BCUT2D eigenvalue weighted by molar-refractivity contribution is 5.49. The van der Waals surface area contributed by atoms with Gasteiger partial charge in [0.05, 0.1) is 5.56 Å². The molecule has 0 atom stereocenters. The van der Waals surface area contributed by atoms with E-state index in [2.05, 4.69) is 15.3 Å². The average Bonchev–Trinajstić information content (AvgIpc) is 2.46. The Morgan fingerprint density at radius 3 is 2.57 bits per heavy atom. The standard InChI is InChI=1S/C15H17F2N3O/c1-4-13-19-14(18-5-2)9(3)15(20-13)21-12-7-6-10(16)8-11(12)17/h6-8H,4-5H2,1-3H3,(H,18,19,20). The van der Waals surface area contributed by atoms with Gasteiger partial charge in [-0.25, -0.2) is 13.8 Å². The first-order valence-electron chi connectivity index (χ1n) is 6.79. The van der Waals surface area contributed by atoms with E-state index in [1.54, 1.807) is 6.92 Å². The fourth-order valence-electron chi connectivity index (χ4n) is 1.80. The van der Waals surface area contributed by atoms with Crippen molar-refractivity contribution in [1.82, 2.24) is 9.97 Å². The Bertz CT molecular complexity index is 647. The predicted molar refractivity (Wildman–Crippen MR) is 76.7 cm³/mol.